The van der Waals surface area contributed by atoms with Crippen molar-refractivity contribution in [2.75, 3.05) is 59.2 Å². The summed E-state index contributed by atoms with van der Waals surface area (Å²) in [5.41, 5.74) is 3.65. The Morgan fingerprint density at radius 1 is 0.889 bits per heavy atom. The number of carbonyl (C=O) groups is 4. The monoisotopic (exact) mass is 734 g/mol. The van der Waals surface area contributed by atoms with Crippen molar-refractivity contribution >= 4 is 34.7 Å². The van der Waals surface area contributed by atoms with Crippen LogP contribution in [0.25, 0.3) is 22.2 Å². The Hall–Kier alpha value is -5.18. The van der Waals surface area contributed by atoms with Crippen LogP contribution in [0.3, 0.4) is 0 Å². The molecule has 1 atom stereocenters. The highest BCUT2D eigenvalue weighted by Gasteiger charge is 2.45. The van der Waals surface area contributed by atoms with Crippen molar-refractivity contribution in [2.45, 2.75) is 56.7 Å². The minimum atomic E-state index is -0.847. The number of imide groups is 1. The zero-order chi connectivity index (χ0) is 37.0. The second-order valence-corrected chi connectivity index (χ2v) is 14.5. The first-order chi connectivity index (χ1) is 26.5. The summed E-state index contributed by atoms with van der Waals surface area (Å²) >= 11 is 0. The normalized spacial score (nSPS) is 22.3. The number of nitrogens with zero attached hydrogens (tertiary/aromatic N) is 6. The number of piperazine rings is 1. The lowest BCUT2D eigenvalue weighted by atomic mass is 9.89. The lowest BCUT2D eigenvalue weighted by Crippen LogP contribution is -2.52. The zero-order valence-electron chi connectivity index (χ0n) is 30.3. The molecule has 4 aromatic rings. The van der Waals surface area contributed by atoms with Crippen LogP contribution in [0.2, 0.25) is 0 Å². The number of fused-ring (bicyclic) bond motifs is 2. The molecule has 0 spiro atoms. The molecule has 2 aromatic heterocycles. The molecule has 1 unspecified atom stereocenters. The van der Waals surface area contributed by atoms with E-state index in [0.717, 1.165) is 67.8 Å². The van der Waals surface area contributed by atoms with Gasteiger partial charge in [-0.15, -0.1) is 0 Å². The summed E-state index contributed by atoms with van der Waals surface area (Å²) < 4.78 is 14.0. The van der Waals surface area contributed by atoms with Gasteiger partial charge in [-0.05, 0) is 56.2 Å². The first-order valence-electron chi connectivity index (χ1n) is 19.0. The Morgan fingerprint density at radius 3 is 2.48 bits per heavy atom. The van der Waals surface area contributed by atoms with E-state index in [1.165, 1.54) is 17.2 Å². The molecule has 2 aromatic carbocycles. The van der Waals surface area contributed by atoms with E-state index in [1.807, 2.05) is 12.3 Å². The molecule has 4 amide bonds. The van der Waals surface area contributed by atoms with Gasteiger partial charge < -0.3 is 24.7 Å². The van der Waals surface area contributed by atoms with Gasteiger partial charge in [0.1, 0.15) is 23.8 Å². The summed E-state index contributed by atoms with van der Waals surface area (Å²) in [7, 11) is 0. The molecule has 1 saturated carbocycles. The Morgan fingerprint density at radius 2 is 1.69 bits per heavy atom. The molecule has 2 N–H and O–H groups in total. The molecule has 1 aliphatic carbocycles. The number of carbonyl (C=O) groups excluding carboxylic acids is 4. The van der Waals surface area contributed by atoms with E-state index in [0.29, 0.717) is 51.4 Å². The molecule has 5 heterocycles. The molecule has 14 heteroatoms. The zero-order valence-corrected chi connectivity index (χ0v) is 30.3. The Kier molecular flexibility index (Phi) is 10.6. The Labute approximate surface area is 313 Å². The summed E-state index contributed by atoms with van der Waals surface area (Å²) in [6, 6.07) is 15.3. The fourth-order valence-electron chi connectivity index (χ4n) is 8.40. The predicted octanol–water partition coefficient (Wildman–Crippen LogP) is 3.24. The number of aromatic nitrogens is 3. The van der Waals surface area contributed by atoms with Gasteiger partial charge in [-0.1, -0.05) is 36.4 Å². The van der Waals surface area contributed by atoms with Gasteiger partial charge in [0, 0.05) is 74.7 Å². The van der Waals surface area contributed by atoms with Gasteiger partial charge in [0.05, 0.1) is 24.5 Å². The van der Waals surface area contributed by atoms with Gasteiger partial charge >= 0.3 is 0 Å². The van der Waals surface area contributed by atoms with Gasteiger partial charge in [0.15, 0.2) is 6.61 Å². The van der Waals surface area contributed by atoms with Crippen molar-refractivity contribution in [1.29, 1.82) is 0 Å². The molecule has 3 fully saturated rings. The van der Waals surface area contributed by atoms with Crippen molar-refractivity contribution in [3.05, 3.63) is 78.4 Å². The number of amides is 4. The quantitative estimate of drug-likeness (QED) is 0.164. The lowest BCUT2D eigenvalue weighted by Gasteiger charge is -2.42. The minimum Gasteiger partial charge on any atom is -0.483 e. The van der Waals surface area contributed by atoms with E-state index >= 15 is 0 Å². The first kappa shape index (κ1) is 35.8. The Bertz CT molecular complexity index is 2000. The van der Waals surface area contributed by atoms with Crippen LogP contribution in [0.15, 0.2) is 67.3 Å². The van der Waals surface area contributed by atoms with Gasteiger partial charge in [-0.3, -0.25) is 33.9 Å². The molecule has 3 aliphatic heterocycles. The van der Waals surface area contributed by atoms with Crippen molar-refractivity contribution in [1.82, 2.24) is 39.9 Å². The largest absolute Gasteiger partial charge is 0.483 e. The molecule has 14 nitrogen and oxygen atoms in total. The third-order valence-corrected chi connectivity index (χ3v) is 11.2. The van der Waals surface area contributed by atoms with Crippen LogP contribution in [0.4, 0.5) is 0 Å². The summed E-state index contributed by atoms with van der Waals surface area (Å²) in [4.78, 5) is 66.2. The van der Waals surface area contributed by atoms with E-state index < -0.39 is 17.9 Å². The highest BCUT2D eigenvalue weighted by atomic mass is 16.5. The van der Waals surface area contributed by atoms with Gasteiger partial charge in [-0.2, -0.15) is 0 Å². The molecule has 4 aliphatic rings. The second kappa shape index (κ2) is 16.0. The highest BCUT2D eigenvalue weighted by molar-refractivity contribution is 6.24. The van der Waals surface area contributed by atoms with Crippen molar-refractivity contribution in [3.8, 4) is 16.9 Å². The number of nitrogens with one attached hydrogen (secondary N) is 2. The summed E-state index contributed by atoms with van der Waals surface area (Å²) in [6.07, 6.45) is 11.5. The maximum atomic E-state index is 13.2. The number of benzene rings is 2. The molecule has 2 saturated heterocycles. The third kappa shape index (κ3) is 7.33. The van der Waals surface area contributed by atoms with E-state index in [9.17, 15) is 19.2 Å². The fourth-order valence-corrected chi connectivity index (χ4v) is 8.40. The number of hydrogen-bond donors (Lipinski definition) is 2. The molecule has 0 bridgehead atoms. The smallest absolute Gasteiger partial charge is 0.266 e. The van der Waals surface area contributed by atoms with Crippen molar-refractivity contribution in [2.24, 2.45) is 0 Å². The van der Waals surface area contributed by atoms with Crippen LogP contribution in [-0.4, -0.2) is 124 Å². The van der Waals surface area contributed by atoms with Crippen LogP contribution in [0, 0.1) is 0 Å². The van der Waals surface area contributed by atoms with Crippen molar-refractivity contribution < 1.29 is 28.7 Å². The van der Waals surface area contributed by atoms with Gasteiger partial charge in [0.2, 0.25) is 5.91 Å². The summed E-state index contributed by atoms with van der Waals surface area (Å²) in [6.45, 7) is 5.26. The maximum Gasteiger partial charge on any atom is 0.266 e. The Balaban J connectivity index is 0.735. The number of rotatable bonds is 12. The van der Waals surface area contributed by atoms with Crippen LogP contribution in [0.5, 0.6) is 5.75 Å². The summed E-state index contributed by atoms with van der Waals surface area (Å²) in [5.74, 6) is -1.66. The average molecular weight is 735 g/mol. The van der Waals surface area contributed by atoms with Gasteiger partial charge in [0.25, 0.3) is 17.7 Å². The van der Waals surface area contributed by atoms with Crippen LogP contribution < -0.4 is 15.4 Å². The first-order valence-corrected chi connectivity index (χ1v) is 19.0. The van der Waals surface area contributed by atoms with E-state index in [4.69, 9.17) is 9.47 Å². The standard InChI is InChI=1S/C40H46N8O6/c49-35(24-54-34-10-4-8-30-36(34)40(52)48(39(30)51)33-9-5-15-43-38(33)50)42-16-21-53-26-45-17-19-46(20-18-45)28-11-13-29(14-12-28)47-23-32(27-6-2-1-3-7-27)31-22-41-25-44-37(31)47/h1-4,6-8,10,22-23,25,28-29,33H,5,9,11-21,24,26H2,(H,42,49)(H,43,50). The fraction of sp³-hybridized carbons (Fsp3) is 0.450. The van der Waals surface area contributed by atoms with Crippen molar-refractivity contribution in [3.63, 3.8) is 0 Å². The highest BCUT2D eigenvalue weighted by Crippen LogP contribution is 2.38. The van der Waals surface area contributed by atoms with E-state index in [-0.39, 0.29) is 35.3 Å². The van der Waals surface area contributed by atoms with Crippen LogP contribution >= 0.6 is 0 Å². The van der Waals surface area contributed by atoms with E-state index in [2.05, 4.69) is 65.4 Å². The van der Waals surface area contributed by atoms with Gasteiger partial charge in [-0.25, -0.2) is 9.97 Å². The SMILES string of the molecule is O=C(COc1cccc2c1C(=O)N(C1CCCNC1=O)C2=O)NCCOCN1CCN(C2CCC(n3cc(-c4ccccc4)c4cncnc43)CC2)CC1. The molecule has 0 radical (unpaired) electrons. The van der Waals surface area contributed by atoms with Crippen LogP contribution in [0.1, 0.15) is 65.3 Å². The van der Waals surface area contributed by atoms with Crippen LogP contribution in [-0.2, 0) is 14.3 Å². The second-order valence-electron chi connectivity index (χ2n) is 14.5. The minimum absolute atomic E-state index is 0.0867. The molecular formula is C40H46N8O6. The molecule has 8 rings (SSSR count). The molecule has 282 valence electrons. The molecule has 54 heavy (non-hydrogen) atoms. The number of ether oxygens (including phenoxy) is 2. The summed E-state index contributed by atoms with van der Waals surface area (Å²) in [5, 5.41) is 6.61. The third-order valence-electron chi connectivity index (χ3n) is 11.2. The topological polar surface area (TPSA) is 151 Å². The average Bonchev–Trinajstić information content (AvgIpc) is 3.72. The van der Waals surface area contributed by atoms with E-state index in [1.54, 1.807) is 18.5 Å². The maximum absolute atomic E-state index is 13.2. The lowest BCUT2D eigenvalue weighted by molar-refractivity contribution is -0.126. The number of hydrogen-bond acceptors (Lipinski definition) is 10. The number of piperidine rings is 1. The molecular weight excluding hydrogens is 688 g/mol. The predicted molar refractivity (Wildman–Crippen MR) is 200 cm³/mol.